The zero-order valence-electron chi connectivity index (χ0n) is 9.68. The van der Waals surface area contributed by atoms with E-state index in [1.54, 1.807) is 12.4 Å². The summed E-state index contributed by atoms with van der Waals surface area (Å²) in [5, 5.41) is 4.09. The van der Waals surface area contributed by atoms with Crippen molar-refractivity contribution in [3.63, 3.8) is 0 Å². The van der Waals surface area contributed by atoms with Gasteiger partial charge in [-0.3, -0.25) is 4.98 Å². The van der Waals surface area contributed by atoms with Crippen molar-refractivity contribution in [3.8, 4) is 5.95 Å². The first-order chi connectivity index (χ1) is 9.31. The molecule has 0 atom stereocenters. The second kappa shape index (κ2) is 5.07. The average molecular weight is 274 g/mol. The molecular weight excluding hydrogens is 266 g/mol. The molecule has 0 aliphatic carbocycles. The highest BCUT2D eigenvalue weighted by atomic mass is 35.5. The largest absolute Gasteiger partial charge is 0.265 e. The molecule has 3 aromatic heterocycles. The van der Waals surface area contributed by atoms with E-state index in [0.717, 1.165) is 5.56 Å². The van der Waals surface area contributed by atoms with Crippen LogP contribution in [-0.2, 0) is 6.42 Å². The molecular formula is C11H8ClN7. The van der Waals surface area contributed by atoms with Gasteiger partial charge in [-0.2, -0.15) is 19.7 Å². The molecule has 0 aliphatic rings. The van der Waals surface area contributed by atoms with Crippen LogP contribution in [0.25, 0.3) is 5.95 Å². The Morgan fingerprint density at radius 1 is 1.05 bits per heavy atom. The summed E-state index contributed by atoms with van der Waals surface area (Å²) >= 11 is 5.90. The van der Waals surface area contributed by atoms with Gasteiger partial charge in [0.2, 0.25) is 5.28 Å². The lowest BCUT2D eigenvalue weighted by molar-refractivity contribution is 0.771. The summed E-state index contributed by atoms with van der Waals surface area (Å²) < 4.78 is 1.43. The van der Waals surface area contributed by atoms with E-state index in [1.165, 1.54) is 17.3 Å². The minimum absolute atomic E-state index is 0.129. The van der Waals surface area contributed by atoms with Gasteiger partial charge in [-0.15, -0.1) is 0 Å². The highest BCUT2D eigenvalue weighted by molar-refractivity contribution is 6.28. The summed E-state index contributed by atoms with van der Waals surface area (Å²) in [7, 11) is 0. The Morgan fingerprint density at radius 3 is 2.63 bits per heavy atom. The monoisotopic (exact) mass is 273 g/mol. The minimum Gasteiger partial charge on any atom is -0.265 e. The smallest absolute Gasteiger partial charge is 0.256 e. The first-order valence-electron chi connectivity index (χ1n) is 5.45. The van der Waals surface area contributed by atoms with Gasteiger partial charge in [0.1, 0.15) is 18.5 Å². The van der Waals surface area contributed by atoms with Gasteiger partial charge < -0.3 is 0 Å². The molecule has 0 bridgehead atoms. The van der Waals surface area contributed by atoms with Crippen molar-refractivity contribution in [1.29, 1.82) is 0 Å². The fourth-order valence-corrected chi connectivity index (χ4v) is 1.73. The maximum Gasteiger partial charge on any atom is 0.256 e. The second-order valence-corrected chi connectivity index (χ2v) is 4.03. The molecule has 0 unspecified atom stereocenters. The molecule has 7 nitrogen and oxygen atoms in total. The number of hydrogen-bond donors (Lipinski definition) is 0. The predicted molar refractivity (Wildman–Crippen MR) is 66.8 cm³/mol. The van der Waals surface area contributed by atoms with E-state index in [-0.39, 0.29) is 5.28 Å². The molecule has 0 spiro atoms. The van der Waals surface area contributed by atoms with Gasteiger partial charge in [0.05, 0.1) is 0 Å². The van der Waals surface area contributed by atoms with Gasteiger partial charge in [0.25, 0.3) is 5.95 Å². The fourth-order valence-electron chi connectivity index (χ4n) is 1.56. The first kappa shape index (κ1) is 11.7. The molecule has 0 radical (unpaired) electrons. The van der Waals surface area contributed by atoms with Crippen LogP contribution in [0.5, 0.6) is 0 Å². The van der Waals surface area contributed by atoms with Crippen molar-refractivity contribution in [2.24, 2.45) is 0 Å². The van der Waals surface area contributed by atoms with Gasteiger partial charge >= 0.3 is 0 Å². The molecule has 0 N–H and O–H groups in total. The van der Waals surface area contributed by atoms with Gasteiger partial charge in [-0.05, 0) is 29.3 Å². The summed E-state index contributed by atoms with van der Waals surface area (Å²) in [6.07, 6.45) is 6.89. The molecule has 0 saturated carbocycles. The number of nitrogens with zero attached hydrogens (tertiary/aromatic N) is 7. The van der Waals surface area contributed by atoms with E-state index in [2.05, 4.69) is 30.0 Å². The Labute approximate surface area is 113 Å². The Bertz CT molecular complexity index is 669. The normalized spacial score (nSPS) is 10.6. The summed E-state index contributed by atoms with van der Waals surface area (Å²) in [6, 6.07) is 3.79. The van der Waals surface area contributed by atoms with Gasteiger partial charge in [-0.1, -0.05) is 0 Å². The third kappa shape index (κ3) is 2.71. The third-order valence-corrected chi connectivity index (χ3v) is 2.55. The molecule has 3 rings (SSSR count). The number of pyridine rings is 1. The van der Waals surface area contributed by atoms with Gasteiger partial charge in [-0.25, -0.2) is 9.97 Å². The van der Waals surface area contributed by atoms with E-state index < -0.39 is 0 Å². The predicted octanol–water partition coefficient (Wildman–Crippen LogP) is 1.09. The second-order valence-electron chi connectivity index (χ2n) is 3.69. The van der Waals surface area contributed by atoms with Gasteiger partial charge in [0, 0.05) is 18.8 Å². The lowest BCUT2D eigenvalue weighted by atomic mass is 10.2. The van der Waals surface area contributed by atoms with Crippen molar-refractivity contribution in [2.45, 2.75) is 6.42 Å². The topological polar surface area (TPSA) is 82.3 Å². The molecule has 0 saturated heterocycles. The van der Waals surface area contributed by atoms with Crippen molar-refractivity contribution < 1.29 is 0 Å². The lowest BCUT2D eigenvalue weighted by Crippen LogP contribution is -2.07. The van der Waals surface area contributed by atoms with Crippen molar-refractivity contribution in [3.05, 3.63) is 53.9 Å². The number of rotatable bonds is 3. The maximum atomic E-state index is 5.90. The molecule has 0 aliphatic heterocycles. The molecule has 94 valence electrons. The molecule has 0 fully saturated rings. The van der Waals surface area contributed by atoms with Crippen LogP contribution in [0, 0.1) is 0 Å². The van der Waals surface area contributed by atoms with E-state index in [4.69, 9.17) is 11.6 Å². The highest BCUT2D eigenvalue weighted by Gasteiger charge is 2.08. The summed E-state index contributed by atoms with van der Waals surface area (Å²) in [5.41, 5.74) is 1.04. The molecule has 0 aromatic carbocycles. The average Bonchev–Trinajstić information content (AvgIpc) is 2.93. The van der Waals surface area contributed by atoms with Crippen molar-refractivity contribution >= 4 is 11.6 Å². The highest BCUT2D eigenvalue weighted by Crippen LogP contribution is 2.09. The first-order valence-corrected chi connectivity index (χ1v) is 5.83. The zero-order valence-corrected chi connectivity index (χ0v) is 10.4. The Kier molecular flexibility index (Phi) is 3.11. The van der Waals surface area contributed by atoms with Crippen LogP contribution in [0.1, 0.15) is 11.4 Å². The van der Waals surface area contributed by atoms with Crippen molar-refractivity contribution in [1.82, 2.24) is 34.7 Å². The Hall–Kier alpha value is -2.41. The van der Waals surface area contributed by atoms with Crippen LogP contribution >= 0.6 is 11.6 Å². The molecule has 19 heavy (non-hydrogen) atoms. The molecule has 0 amide bonds. The van der Waals surface area contributed by atoms with Crippen LogP contribution in [0.3, 0.4) is 0 Å². The number of aromatic nitrogens is 7. The van der Waals surface area contributed by atoms with Crippen LogP contribution in [0.4, 0.5) is 0 Å². The minimum atomic E-state index is 0.129. The SMILES string of the molecule is Clc1nc(Cc2ccncc2)nc(-n2cncn2)n1. The molecule has 8 heteroatoms. The lowest BCUT2D eigenvalue weighted by Gasteiger charge is -2.03. The van der Waals surface area contributed by atoms with Gasteiger partial charge in [0.15, 0.2) is 0 Å². The van der Waals surface area contributed by atoms with E-state index in [1.807, 2.05) is 12.1 Å². The van der Waals surface area contributed by atoms with E-state index >= 15 is 0 Å². The van der Waals surface area contributed by atoms with Crippen LogP contribution in [-0.4, -0.2) is 34.7 Å². The van der Waals surface area contributed by atoms with E-state index in [9.17, 15) is 0 Å². The van der Waals surface area contributed by atoms with Crippen LogP contribution < -0.4 is 0 Å². The Morgan fingerprint density at radius 2 is 1.89 bits per heavy atom. The Balaban J connectivity index is 1.94. The number of halogens is 1. The summed E-state index contributed by atoms with van der Waals surface area (Å²) in [6.45, 7) is 0. The zero-order chi connectivity index (χ0) is 13.1. The standard InChI is InChI=1S/C11H8ClN7/c12-10-16-9(5-8-1-3-13-4-2-8)17-11(18-10)19-7-14-6-15-19/h1-4,6-7H,5H2. The maximum absolute atomic E-state index is 5.90. The fraction of sp³-hybridized carbons (Fsp3) is 0.0909. The molecule has 3 aromatic rings. The summed E-state index contributed by atoms with van der Waals surface area (Å²) in [5.74, 6) is 0.915. The third-order valence-electron chi connectivity index (χ3n) is 2.38. The van der Waals surface area contributed by atoms with Crippen LogP contribution in [0.2, 0.25) is 5.28 Å². The summed E-state index contributed by atoms with van der Waals surface area (Å²) in [4.78, 5) is 20.2. The van der Waals surface area contributed by atoms with Crippen LogP contribution in [0.15, 0.2) is 37.2 Å². The van der Waals surface area contributed by atoms with E-state index in [0.29, 0.717) is 18.2 Å². The molecule has 3 heterocycles. The number of hydrogen-bond acceptors (Lipinski definition) is 6. The van der Waals surface area contributed by atoms with Crippen molar-refractivity contribution in [2.75, 3.05) is 0 Å². The quantitative estimate of drug-likeness (QED) is 0.710.